The monoisotopic (exact) mass is 276 g/mol. The molecular weight excluding hydrogens is 264 g/mol. The number of ether oxygens (including phenoxy) is 2. The molecule has 0 aliphatic heterocycles. The quantitative estimate of drug-likeness (QED) is 0.292. The van der Waals surface area contributed by atoms with Crippen LogP contribution in [0.15, 0.2) is 47.3 Å². The highest BCUT2D eigenvalue weighted by Crippen LogP contribution is 2.02. The van der Waals surface area contributed by atoms with E-state index < -0.39 is 12.1 Å². The second kappa shape index (κ2) is 8.17. The zero-order valence-electron chi connectivity index (χ0n) is 10.6. The smallest absolute Gasteiger partial charge is 0.412 e. The van der Waals surface area contributed by atoms with Crippen LogP contribution in [0.25, 0.3) is 10.4 Å². The summed E-state index contributed by atoms with van der Waals surface area (Å²) in [5, 5.41) is 5.19. The molecule has 0 radical (unpaired) electrons. The van der Waals surface area contributed by atoms with Crippen molar-refractivity contribution in [3.05, 3.63) is 58.2 Å². The van der Waals surface area contributed by atoms with Gasteiger partial charge in [0.2, 0.25) is 0 Å². The fraction of sp³-hybridized carbons (Fsp3) is 0.167. The van der Waals surface area contributed by atoms with E-state index in [1.54, 1.807) is 24.3 Å². The van der Waals surface area contributed by atoms with Crippen molar-refractivity contribution in [2.45, 2.75) is 6.61 Å². The van der Waals surface area contributed by atoms with Gasteiger partial charge >= 0.3 is 12.1 Å². The van der Waals surface area contributed by atoms with E-state index in [2.05, 4.69) is 20.1 Å². The van der Waals surface area contributed by atoms with E-state index >= 15 is 0 Å². The number of amides is 1. The third kappa shape index (κ3) is 5.11. The lowest BCUT2D eigenvalue weighted by Crippen LogP contribution is -2.28. The van der Waals surface area contributed by atoms with Gasteiger partial charge in [-0.1, -0.05) is 35.4 Å². The summed E-state index contributed by atoms with van der Waals surface area (Å²) in [7, 11) is 1.13. The molecule has 0 aliphatic rings. The predicted molar refractivity (Wildman–Crippen MR) is 69.0 cm³/mol. The molecule has 20 heavy (non-hydrogen) atoms. The number of methoxy groups -OCH3 is 1. The SMILES string of the molecule is COC(=O)/C(=C/N=[N+]=[N-])NC(=O)OCc1ccccc1. The number of nitrogens with one attached hydrogen (secondary N) is 1. The van der Waals surface area contributed by atoms with Crippen LogP contribution in [0, 0.1) is 0 Å². The summed E-state index contributed by atoms with van der Waals surface area (Å²) in [6.07, 6.45) is -0.0334. The first-order valence-electron chi connectivity index (χ1n) is 5.47. The number of alkyl carbamates (subject to hydrolysis) is 1. The number of benzene rings is 1. The molecule has 8 nitrogen and oxygen atoms in total. The van der Waals surface area contributed by atoms with Crippen molar-refractivity contribution in [3.63, 3.8) is 0 Å². The van der Waals surface area contributed by atoms with Crippen molar-refractivity contribution >= 4 is 12.1 Å². The Morgan fingerprint density at radius 1 is 1.40 bits per heavy atom. The van der Waals surface area contributed by atoms with E-state index in [-0.39, 0.29) is 12.3 Å². The molecular formula is C12H12N4O4. The van der Waals surface area contributed by atoms with Gasteiger partial charge in [0, 0.05) is 11.1 Å². The van der Waals surface area contributed by atoms with E-state index in [0.717, 1.165) is 18.9 Å². The first-order valence-corrected chi connectivity index (χ1v) is 5.47. The highest BCUT2D eigenvalue weighted by atomic mass is 16.6. The van der Waals surface area contributed by atoms with Crippen molar-refractivity contribution < 1.29 is 19.1 Å². The Morgan fingerprint density at radius 3 is 2.70 bits per heavy atom. The number of rotatable bonds is 5. The Kier molecular flexibility index (Phi) is 6.16. The first-order chi connectivity index (χ1) is 9.67. The lowest BCUT2D eigenvalue weighted by atomic mass is 10.2. The molecule has 1 rings (SSSR count). The molecule has 1 aromatic rings. The fourth-order valence-electron chi connectivity index (χ4n) is 1.20. The molecule has 0 unspecified atom stereocenters. The van der Waals surface area contributed by atoms with E-state index in [1.165, 1.54) is 0 Å². The minimum absolute atomic E-state index is 0.0443. The van der Waals surface area contributed by atoms with Crippen LogP contribution < -0.4 is 5.32 Å². The van der Waals surface area contributed by atoms with Crippen LogP contribution in [0.5, 0.6) is 0 Å². The molecule has 0 spiro atoms. The summed E-state index contributed by atoms with van der Waals surface area (Å²) in [6.45, 7) is 0.0443. The Labute approximate surface area is 114 Å². The van der Waals surface area contributed by atoms with Gasteiger partial charge in [0.15, 0.2) is 0 Å². The topological polar surface area (TPSA) is 113 Å². The Balaban J connectivity index is 2.58. The Hall–Kier alpha value is -2.99. The molecule has 0 atom stereocenters. The molecule has 8 heteroatoms. The third-order valence-corrected chi connectivity index (χ3v) is 2.09. The van der Waals surface area contributed by atoms with Gasteiger partial charge in [-0.15, -0.1) is 0 Å². The molecule has 0 saturated heterocycles. The molecule has 0 fully saturated rings. The largest absolute Gasteiger partial charge is 0.464 e. The second-order valence-corrected chi connectivity index (χ2v) is 3.43. The van der Waals surface area contributed by atoms with Gasteiger partial charge in [0.25, 0.3) is 0 Å². The Morgan fingerprint density at radius 2 is 2.10 bits per heavy atom. The molecule has 0 heterocycles. The van der Waals surface area contributed by atoms with Crippen LogP contribution in [-0.2, 0) is 20.9 Å². The van der Waals surface area contributed by atoms with Crippen LogP contribution in [0.2, 0.25) is 0 Å². The fourth-order valence-corrected chi connectivity index (χ4v) is 1.20. The average Bonchev–Trinajstić information content (AvgIpc) is 2.49. The highest BCUT2D eigenvalue weighted by molar-refractivity contribution is 5.92. The van der Waals surface area contributed by atoms with Crippen molar-refractivity contribution in [2.75, 3.05) is 7.11 Å². The summed E-state index contributed by atoms with van der Waals surface area (Å²) in [4.78, 5) is 25.2. The molecule has 1 amide bonds. The maximum absolute atomic E-state index is 11.5. The van der Waals surface area contributed by atoms with Crippen LogP contribution in [0.4, 0.5) is 4.79 Å². The lowest BCUT2D eigenvalue weighted by molar-refractivity contribution is -0.136. The highest BCUT2D eigenvalue weighted by Gasteiger charge is 2.13. The summed E-state index contributed by atoms with van der Waals surface area (Å²) in [5.74, 6) is -0.853. The number of hydrogen-bond acceptors (Lipinski definition) is 5. The summed E-state index contributed by atoms with van der Waals surface area (Å²) >= 11 is 0. The van der Waals surface area contributed by atoms with E-state index in [4.69, 9.17) is 10.3 Å². The van der Waals surface area contributed by atoms with Crippen LogP contribution >= 0.6 is 0 Å². The molecule has 1 aromatic carbocycles. The summed E-state index contributed by atoms with van der Waals surface area (Å²) in [6, 6.07) is 9.01. The van der Waals surface area contributed by atoms with Crippen molar-refractivity contribution in [2.24, 2.45) is 5.11 Å². The predicted octanol–water partition coefficient (Wildman–Crippen LogP) is 2.24. The van der Waals surface area contributed by atoms with Gasteiger partial charge in [0.05, 0.1) is 7.11 Å². The van der Waals surface area contributed by atoms with E-state index in [0.29, 0.717) is 0 Å². The maximum atomic E-state index is 11.5. The van der Waals surface area contributed by atoms with Gasteiger partial charge in [-0.05, 0) is 11.1 Å². The molecule has 0 aliphatic carbocycles. The number of carbonyl (C=O) groups excluding carboxylic acids is 2. The maximum Gasteiger partial charge on any atom is 0.412 e. The lowest BCUT2D eigenvalue weighted by Gasteiger charge is -2.08. The zero-order valence-corrected chi connectivity index (χ0v) is 10.6. The van der Waals surface area contributed by atoms with Crippen molar-refractivity contribution in [1.29, 1.82) is 0 Å². The zero-order chi connectivity index (χ0) is 14.8. The number of azide groups is 1. The minimum atomic E-state index is -0.862. The number of nitrogens with zero attached hydrogens (tertiary/aromatic N) is 3. The Bertz CT molecular complexity index is 550. The normalized spacial score (nSPS) is 10.2. The molecule has 1 N–H and O–H groups in total. The molecule has 0 saturated carbocycles. The second-order valence-electron chi connectivity index (χ2n) is 3.43. The molecule has 0 bridgehead atoms. The summed E-state index contributed by atoms with van der Waals surface area (Å²) < 4.78 is 9.31. The van der Waals surface area contributed by atoms with E-state index in [9.17, 15) is 9.59 Å². The first kappa shape index (κ1) is 15.1. The van der Waals surface area contributed by atoms with Crippen LogP contribution in [-0.4, -0.2) is 19.2 Å². The van der Waals surface area contributed by atoms with Gasteiger partial charge in [-0.25, -0.2) is 9.59 Å². The van der Waals surface area contributed by atoms with Gasteiger partial charge in [0.1, 0.15) is 12.3 Å². The number of hydrogen-bond donors (Lipinski definition) is 1. The van der Waals surface area contributed by atoms with Gasteiger partial charge in [-0.2, -0.15) is 0 Å². The standard InChI is InChI=1S/C12H12N4O4/c1-19-11(17)10(7-14-16-13)15-12(18)20-8-9-5-3-2-4-6-9/h2-7H,8H2,1H3,(H,15,18)/b10-7-. The van der Waals surface area contributed by atoms with Gasteiger partial charge in [-0.3, -0.25) is 5.32 Å². The molecule has 104 valence electrons. The van der Waals surface area contributed by atoms with E-state index in [1.807, 2.05) is 6.07 Å². The van der Waals surface area contributed by atoms with Crippen LogP contribution in [0.3, 0.4) is 0 Å². The number of esters is 1. The third-order valence-electron chi connectivity index (χ3n) is 2.09. The molecule has 0 aromatic heterocycles. The van der Waals surface area contributed by atoms with Crippen molar-refractivity contribution in [3.8, 4) is 0 Å². The van der Waals surface area contributed by atoms with Crippen molar-refractivity contribution in [1.82, 2.24) is 5.32 Å². The van der Waals surface area contributed by atoms with Crippen LogP contribution in [0.1, 0.15) is 5.56 Å². The number of carbonyl (C=O) groups is 2. The average molecular weight is 276 g/mol. The van der Waals surface area contributed by atoms with Gasteiger partial charge < -0.3 is 9.47 Å². The minimum Gasteiger partial charge on any atom is -0.464 e. The summed E-state index contributed by atoms with van der Waals surface area (Å²) in [5.41, 5.74) is 8.65.